The number of carbonyl (C=O) groups excluding carboxylic acids is 1. The van der Waals surface area contributed by atoms with E-state index in [-0.39, 0.29) is 22.7 Å². The normalized spacial score (nSPS) is 14.3. The minimum Gasteiger partial charge on any atom is -0.365 e. The molecule has 1 aromatic carbocycles. The smallest absolute Gasteiger partial charge is 0.245 e. The van der Waals surface area contributed by atoms with Gasteiger partial charge in [-0.05, 0) is 49.2 Å². The van der Waals surface area contributed by atoms with E-state index < -0.39 is 32.1 Å². The van der Waals surface area contributed by atoms with E-state index in [2.05, 4.69) is 31.8 Å². The molecule has 0 aliphatic carbocycles. The lowest BCUT2D eigenvalue weighted by Crippen LogP contribution is -2.41. The van der Waals surface area contributed by atoms with Crippen LogP contribution in [0.3, 0.4) is 0 Å². The molecular formula is C26H22ClF2N7O3S. The highest BCUT2D eigenvalue weighted by molar-refractivity contribution is 7.89. The van der Waals surface area contributed by atoms with Crippen LogP contribution in [0.5, 0.6) is 0 Å². The third-order valence-corrected chi connectivity index (χ3v) is 7.80. The van der Waals surface area contributed by atoms with Crippen molar-refractivity contribution in [3.8, 4) is 22.4 Å². The van der Waals surface area contributed by atoms with E-state index in [4.69, 9.17) is 16.7 Å². The molecule has 0 saturated carbocycles. The minimum atomic E-state index is -4.47. The van der Waals surface area contributed by atoms with E-state index in [1.807, 2.05) is 0 Å². The van der Waals surface area contributed by atoms with Crippen molar-refractivity contribution in [2.75, 3.05) is 18.4 Å². The molecule has 40 heavy (non-hydrogen) atoms. The predicted molar refractivity (Wildman–Crippen MR) is 146 cm³/mol. The zero-order chi connectivity index (χ0) is 28.6. The van der Waals surface area contributed by atoms with Crippen LogP contribution in [0.4, 0.5) is 14.6 Å². The number of hydrogen-bond acceptors (Lipinski definition) is 8. The molecule has 10 nitrogen and oxygen atoms in total. The first-order valence-electron chi connectivity index (χ1n) is 12.0. The van der Waals surface area contributed by atoms with Crippen molar-refractivity contribution >= 4 is 44.4 Å². The van der Waals surface area contributed by atoms with Crippen LogP contribution in [0.25, 0.3) is 33.4 Å². The van der Waals surface area contributed by atoms with Crippen LogP contribution in [0.1, 0.15) is 12.8 Å². The SMILES string of the molecule is C=CC(=O)N1CCC(Nc2ncnc3ccc(-c4cnc(Cl)c(-c5c(F)ccc(S(N)(=O)=O)c5F)c4)nc23)CC1. The van der Waals surface area contributed by atoms with E-state index in [1.54, 1.807) is 17.0 Å². The van der Waals surface area contributed by atoms with E-state index in [9.17, 15) is 17.6 Å². The molecule has 1 aliphatic rings. The Bertz CT molecular complexity index is 1760. The monoisotopic (exact) mass is 585 g/mol. The van der Waals surface area contributed by atoms with Crippen LogP contribution in [0, 0.1) is 11.6 Å². The molecule has 206 valence electrons. The van der Waals surface area contributed by atoms with Crippen molar-refractivity contribution in [3.63, 3.8) is 0 Å². The molecule has 5 rings (SSSR count). The maximum atomic E-state index is 15.1. The van der Waals surface area contributed by atoms with Gasteiger partial charge >= 0.3 is 0 Å². The molecule has 1 aliphatic heterocycles. The summed E-state index contributed by atoms with van der Waals surface area (Å²) < 4.78 is 53.5. The van der Waals surface area contributed by atoms with Gasteiger partial charge in [-0.1, -0.05) is 18.2 Å². The van der Waals surface area contributed by atoms with Crippen LogP contribution in [-0.4, -0.2) is 58.3 Å². The average molecular weight is 586 g/mol. The number of amides is 1. The lowest BCUT2D eigenvalue weighted by atomic mass is 10.0. The molecular weight excluding hydrogens is 564 g/mol. The van der Waals surface area contributed by atoms with Crippen molar-refractivity contribution in [2.45, 2.75) is 23.8 Å². The van der Waals surface area contributed by atoms with Crippen molar-refractivity contribution in [3.05, 3.63) is 72.3 Å². The standard InChI is InChI=1S/C26H22ClF2N7O3S/c1-2-21(37)36-9-7-15(8-10-36)34-26-24-19(32-13-33-26)5-4-18(35-24)14-11-16(25(27)31-12-14)22-17(28)3-6-20(23(22)29)40(30,38)39/h2-6,11-13,15H,1,7-10H2,(H2,30,38,39)(H,32,33,34). The zero-order valence-corrected chi connectivity index (χ0v) is 22.4. The molecule has 0 unspecified atom stereocenters. The molecule has 3 aromatic heterocycles. The van der Waals surface area contributed by atoms with E-state index in [0.717, 1.165) is 12.1 Å². The summed E-state index contributed by atoms with van der Waals surface area (Å²) in [6.45, 7) is 4.67. The summed E-state index contributed by atoms with van der Waals surface area (Å²) in [5, 5.41) is 8.22. The first-order chi connectivity index (χ1) is 19.1. The summed E-state index contributed by atoms with van der Waals surface area (Å²) in [7, 11) is -4.47. The molecule has 1 saturated heterocycles. The predicted octanol–water partition coefficient (Wildman–Crippen LogP) is 3.92. The van der Waals surface area contributed by atoms with E-state index >= 15 is 4.39 Å². The number of pyridine rings is 2. The molecule has 1 amide bonds. The Morgan fingerprint density at radius 3 is 2.60 bits per heavy atom. The molecule has 1 fully saturated rings. The van der Waals surface area contributed by atoms with E-state index in [0.29, 0.717) is 54.0 Å². The number of piperidine rings is 1. The van der Waals surface area contributed by atoms with Crippen LogP contribution < -0.4 is 10.5 Å². The van der Waals surface area contributed by atoms with Crippen molar-refractivity contribution in [1.29, 1.82) is 0 Å². The fourth-order valence-corrected chi connectivity index (χ4v) is 5.34. The van der Waals surface area contributed by atoms with Crippen LogP contribution in [0.2, 0.25) is 5.15 Å². The quantitative estimate of drug-likeness (QED) is 0.256. The first-order valence-corrected chi connectivity index (χ1v) is 14.0. The van der Waals surface area contributed by atoms with Gasteiger partial charge in [0.05, 0.1) is 16.8 Å². The van der Waals surface area contributed by atoms with Crippen LogP contribution >= 0.6 is 11.6 Å². The van der Waals surface area contributed by atoms with Gasteiger partial charge in [0.25, 0.3) is 0 Å². The Labute approximate surface area is 233 Å². The fourth-order valence-electron chi connectivity index (χ4n) is 4.54. The third kappa shape index (κ3) is 5.35. The number of anilines is 1. The van der Waals surface area contributed by atoms with Gasteiger partial charge in [0, 0.05) is 36.5 Å². The summed E-state index contributed by atoms with van der Waals surface area (Å²) >= 11 is 6.19. The largest absolute Gasteiger partial charge is 0.365 e. The Morgan fingerprint density at radius 2 is 1.90 bits per heavy atom. The van der Waals surface area contributed by atoms with Gasteiger partial charge in [-0.2, -0.15) is 0 Å². The highest BCUT2D eigenvalue weighted by Crippen LogP contribution is 2.36. The Morgan fingerprint density at radius 1 is 1.15 bits per heavy atom. The number of sulfonamides is 1. The zero-order valence-electron chi connectivity index (χ0n) is 20.8. The van der Waals surface area contributed by atoms with Gasteiger partial charge in [-0.3, -0.25) is 4.79 Å². The molecule has 0 radical (unpaired) electrons. The second kappa shape index (κ2) is 10.8. The highest BCUT2D eigenvalue weighted by atomic mass is 35.5. The Hall–Kier alpha value is -4.07. The van der Waals surface area contributed by atoms with Crippen molar-refractivity contribution in [1.82, 2.24) is 24.8 Å². The maximum absolute atomic E-state index is 15.1. The van der Waals surface area contributed by atoms with Gasteiger partial charge in [-0.15, -0.1) is 0 Å². The average Bonchev–Trinajstić information content (AvgIpc) is 2.93. The second-order valence-corrected chi connectivity index (χ2v) is 11.0. The number of halogens is 3. The summed E-state index contributed by atoms with van der Waals surface area (Å²) in [5.41, 5.74) is 0.886. The third-order valence-electron chi connectivity index (χ3n) is 6.57. The van der Waals surface area contributed by atoms with E-state index in [1.165, 1.54) is 24.7 Å². The number of benzene rings is 1. The van der Waals surface area contributed by atoms with Gasteiger partial charge in [-0.25, -0.2) is 42.3 Å². The number of fused-ring (bicyclic) bond motifs is 1. The first kappa shape index (κ1) is 27.5. The number of nitrogens with two attached hydrogens (primary N) is 1. The highest BCUT2D eigenvalue weighted by Gasteiger charge is 2.25. The number of primary sulfonamides is 1. The molecule has 0 bridgehead atoms. The Balaban J connectivity index is 1.51. The summed E-state index contributed by atoms with van der Waals surface area (Å²) in [4.78, 5) is 30.1. The molecule has 4 heterocycles. The minimum absolute atomic E-state index is 0.0401. The molecule has 0 spiro atoms. The number of likely N-dealkylation sites (tertiary alicyclic amines) is 1. The topological polar surface area (TPSA) is 144 Å². The second-order valence-electron chi connectivity index (χ2n) is 9.08. The molecule has 3 N–H and O–H groups in total. The number of aromatic nitrogens is 4. The van der Waals surface area contributed by atoms with Gasteiger partial charge in [0.2, 0.25) is 15.9 Å². The number of rotatable bonds is 6. The van der Waals surface area contributed by atoms with Gasteiger partial charge in [0.1, 0.15) is 27.7 Å². The number of nitrogens with one attached hydrogen (secondary N) is 1. The van der Waals surface area contributed by atoms with Gasteiger partial charge < -0.3 is 10.2 Å². The number of hydrogen-bond donors (Lipinski definition) is 2. The molecule has 4 aromatic rings. The maximum Gasteiger partial charge on any atom is 0.245 e. The molecule has 14 heteroatoms. The van der Waals surface area contributed by atoms with Crippen molar-refractivity contribution in [2.24, 2.45) is 5.14 Å². The van der Waals surface area contributed by atoms with Crippen LogP contribution in [0.15, 0.2) is 60.4 Å². The Kier molecular flexibility index (Phi) is 7.45. The molecule has 0 atom stereocenters. The summed E-state index contributed by atoms with van der Waals surface area (Å²) in [6.07, 6.45) is 5.48. The lowest BCUT2D eigenvalue weighted by Gasteiger charge is -2.32. The summed E-state index contributed by atoms with van der Waals surface area (Å²) in [5.74, 6) is -2.04. The number of nitrogens with zero attached hydrogens (tertiary/aromatic N) is 5. The van der Waals surface area contributed by atoms with Crippen LogP contribution in [-0.2, 0) is 14.8 Å². The van der Waals surface area contributed by atoms with Crippen molar-refractivity contribution < 1.29 is 22.0 Å². The number of carbonyl (C=O) groups is 1. The summed E-state index contributed by atoms with van der Waals surface area (Å²) in [6, 6.07) is 6.31. The van der Waals surface area contributed by atoms with Gasteiger partial charge in [0.15, 0.2) is 11.6 Å². The fraction of sp³-hybridized carbons (Fsp3) is 0.192. The lowest BCUT2D eigenvalue weighted by molar-refractivity contribution is -0.126.